The van der Waals surface area contributed by atoms with Gasteiger partial charge in [0.1, 0.15) is 12.4 Å². The summed E-state index contributed by atoms with van der Waals surface area (Å²) >= 11 is 0. The lowest BCUT2D eigenvalue weighted by atomic mass is 10.1. The van der Waals surface area contributed by atoms with Crippen LogP contribution in [0.4, 0.5) is 0 Å². The molecule has 144 valence electrons. The highest BCUT2D eigenvalue weighted by Gasteiger charge is 2.30. The fourth-order valence-corrected chi connectivity index (χ4v) is 4.04. The molecule has 0 aliphatic carbocycles. The number of hydrogen-bond donors (Lipinski definition) is 0. The van der Waals surface area contributed by atoms with Crippen molar-refractivity contribution in [3.05, 3.63) is 40.2 Å². The molecular weight excluding hydrogens is 340 g/mol. The van der Waals surface area contributed by atoms with Crippen LogP contribution in [0.2, 0.25) is 0 Å². The van der Waals surface area contributed by atoms with E-state index >= 15 is 0 Å². The van der Waals surface area contributed by atoms with E-state index in [1.165, 1.54) is 11.3 Å². The molecule has 2 aromatic heterocycles. The number of nitrogens with zero attached hydrogens (tertiary/aromatic N) is 6. The van der Waals surface area contributed by atoms with Crippen molar-refractivity contribution in [1.82, 2.24) is 29.5 Å². The molecular formula is C20H28N6O. The molecule has 4 rings (SSSR count). The fourth-order valence-electron chi connectivity index (χ4n) is 4.04. The Kier molecular flexibility index (Phi) is 4.72. The van der Waals surface area contributed by atoms with Crippen LogP contribution in [0, 0.1) is 20.8 Å². The number of aryl methyl sites for hydroxylation is 1. The number of likely N-dealkylation sites (tertiary alicyclic amines) is 1. The van der Waals surface area contributed by atoms with Crippen LogP contribution in [-0.2, 0) is 24.3 Å². The van der Waals surface area contributed by atoms with Gasteiger partial charge in [0.15, 0.2) is 0 Å². The van der Waals surface area contributed by atoms with Gasteiger partial charge in [-0.1, -0.05) is 0 Å². The number of aromatic nitrogens is 4. The molecule has 0 aromatic carbocycles. The predicted molar refractivity (Wildman–Crippen MR) is 102 cm³/mol. The predicted octanol–water partition coefficient (Wildman–Crippen LogP) is 1.60. The van der Waals surface area contributed by atoms with Crippen LogP contribution in [0.1, 0.15) is 46.4 Å². The van der Waals surface area contributed by atoms with E-state index < -0.39 is 0 Å². The van der Waals surface area contributed by atoms with Crippen LogP contribution >= 0.6 is 0 Å². The highest BCUT2D eigenvalue weighted by Crippen LogP contribution is 2.26. The maximum absolute atomic E-state index is 12.8. The summed E-state index contributed by atoms with van der Waals surface area (Å²) in [5, 5.41) is 4.49. The van der Waals surface area contributed by atoms with E-state index in [2.05, 4.69) is 29.0 Å². The quantitative estimate of drug-likeness (QED) is 0.823. The summed E-state index contributed by atoms with van der Waals surface area (Å²) < 4.78 is 1.83. The number of carbonyl (C=O) groups is 1. The number of hydrogen-bond acceptors (Lipinski definition) is 5. The smallest absolute Gasteiger partial charge is 0.244 e. The van der Waals surface area contributed by atoms with E-state index in [9.17, 15) is 4.79 Å². The van der Waals surface area contributed by atoms with Crippen molar-refractivity contribution in [2.24, 2.45) is 0 Å². The molecule has 0 radical (unpaired) electrons. The minimum Gasteiger partial charge on any atom is -0.340 e. The molecule has 2 aliphatic rings. The van der Waals surface area contributed by atoms with Gasteiger partial charge in [-0.15, -0.1) is 0 Å². The molecule has 7 nitrogen and oxygen atoms in total. The average molecular weight is 368 g/mol. The summed E-state index contributed by atoms with van der Waals surface area (Å²) in [5.41, 5.74) is 5.64. The molecule has 7 heteroatoms. The number of carbonyl (C=O) groups excluding carboxylic acids is 1. The van der Waals surface area contributed by atoms with Crippen molar-refractivity contribution < 1.29 is 4.79 Å². The molecule has 4 heterocycles. The maximum Gasteiger partial charge on any atom is 0.244 e. The first-order chi connectivity index (χ1) is 12.9. The van der Waals surface area contributed by atoms with Crippen LogP contribution in [0.3, 0.4) is 0 Å². The van der Waals surface area contributed by atoms with Gasteiger partial charge in [-0.25, -0.2) is 9.97 Å². The molecule has 2 aromatic rings. The van der Waals surface area contributed by atoms with Crippen LogP contribution in [0.25, 0.3) is 0 Å². The second kappa shape index (κ2) is 7.03. The highest BCUT2D eigenvalue weighted by molar-refractivity contribution is 5.76. The Balaban J connectivity index is 1.42. The van der Waals surface area contributed by atoms with E-state index in [0.29, 0.717) is 13.1 Å². The van der Waals surface area contributed by atoms with Crippen LogP contribution in [0.15, 0.2) is 6.20 Å². The Labute approximate surface area is 160 Å². The van der Waals surface area contributed by atoms with Gasteiger partial charge < -0.3 is 9.80 Å². The monoisotopic (exact) mass is 368 g/mol. The largest absolute Gasteiger partial charge is 0.340 e. The van der Waals surface area contributed by atoms with Gasteiger partial charge in [-0.3, -0.25) is 9.48 Å². The number of amides is 1. The van der Waals surface area contributed by atoms with Gasteiger partial charge in [0, 0.05) is 61.7 Å². The molecule has 0 saturated carbocycles. The molecule has 1 amide bonds. The van der Waals surface area contributed by atoms with Gasteiger partial charge in [0.25, 0.3) is 0 Å². The van der Waals surface area contributed by atoms with Gasteiger partial charge in [-0.05, 0) is 39.8 Å². The number of rotatable bonds is 3. The molecule has 1 fully saturated rings. The average Bonchev–Trinajstić information content (AvgIpc) is 3.23. The molecule has 0 N–H and O–H groups in total. The van der Waals surface area contributed by atoms with Crippen LogP contribution in [0.5, 0.6) is 0 Å². The van der Waals surface area contributed by atoms with E-state index in [4.69, 9.17) is 4.98 Å². The van der Waals surface area contributed by atoms with Crippen LogP contribution in [-0.4, -0.2) is 62.1 Å². The van der Waals surface area contributed by atoms with Crippen molar-refractivity contribution >= 4 is 5.91 Å². The van der Waals surface area contributed by atoms with Gasteiger partial charge in [-0.2, -0.15) is 5.10 Å². The summed E-state index contributed by atoms with van der Waals surface area (Å²) in [6.45, 7) is 9.81. The summed E-state index contributed by atoms with van der Waals surface area (Å²) in [7, 11) is 2.13. The van der Waals surface area contributed by atoms with Gasteiger partial charge in [0.2, 0.25) is 5.91 Å². The lowest BCUT2D eigenvalue weighted by Crippen LogP contribution is -2.32. The lowest BCUT2D eigenvalue weighted by molar-refractivity contribution is -0.131. The molecule has 1 saturated heterocycles. The first kappa shape index (κ1) is 18.1. The zero-order valence-corrected chi connectivity index (χ0v) is 16.7. The first-order valence-corrected chi connectivity index (χ1v) is 9.74. The normalized spacial score (nSPS) is 20.1. The molecule has 0 spiro atoms. The van der Waals surface area contributed by atoms with Gasteiger partial charge in [0.05, 0.1) is 5.69 Å². The molecule has 27 heavy (non-hydrogen) atoms. The first-order valence-electron chi connectivity index (χ1n) is 9.74. The van der Waals surface area contributed by atoms with Crippen molar-refractivity contribution in [1.29, 1.82) is 0 Å². The van der Waals surface area contributed by atoms with Crippen molar-refractivity contribution in [3.8, 4) is 0 Å². The Bertz CT molecular complexity index is 874. The van der Waals surface area contributed by atoms with E-state index in [-0.39, 0.29) is 11.8 Å². The van der Waals surface area contributed by atoms with E-state index in [0.717, 1.165) is 55.3 Å². The second-order valence-corrected chi connectivity index (χ2v) is 7.97. The molecule has 1 unspecified atom stereocenters. The minimum absolute atomic E-state index is 0.127. The second-order valence-electron chi connectivity index (χ2n) is 7.97. The Hall–Kier alpha value is -2.28. The topological polar surface area (TPSA) is 67.2 Å². The van der Waals surface area contributed by atoms with Crippen molar-refractivity contribution in [2.75, 3.05) is 26.7 Å². The Morgan fingerprint density at radius 1 is 1.26 bits per heavy atom. The zero-order chi connectivity index (χ0) is 19.1. The Morgan fingerprint density at radius 2 is 2.07 bits per heavy atom. The lowest BCUT2D eigenvalue weighted by Gasteiger charge is -2.24. The van der Waals surface area contributed by atoms with E-state index in [1.807, 2.05) is 29.6 Å². The third-order valence-electron chi connectivity index (χ3n) is 6.08. The summed E-state index contributed by atoms with van der Waals surface area (Å²) in [5.74, 6) is 1.26. The molecule has 1 atom stereocenters. The van der Waals surface area contributed by atoms with Gasteiger partial charge >= 0.3 is 0 Å². The minimum atomic E-state index is 0.127. The zero-order valence-electron chi connectivity index (χ0n) is 16.7. The third kappa shape index (κ3) is 3.48. The van der Waals surface area contributed by atoms with E-state index in [1.54, 1.807) is 0 Å². The SMILES string of the molecule is Cc1nn(CC(=O)N2CCC(c3ncc4c(n3)CCN(C)C4)C2)c(C)c1C. The fraction of sp³-hybridized carbons (Fsp3) is 0.600. The molecule has 0 bridgehead atoms. The number of likely N-dealkylation sites (N-methyl/N-ethyl adjacent to an activating group) is 1. The standard InChI is InChI=1S/C20H28N6O/c1-13-14(2)23-26(15(13)3)12-19(27)25-8-5-16(11-25)20-21-9-17-10-24(4)7-6-18(17)22-20/h9,16H,5-8,10-12H2,1-4H3. The third-order valence-corrected chi connectivity index (χ3v) is 6.08. The highest BCUT2D eigenvalue weighted by atomic mass is 16.2. The van der Waals surface area contributed by atoms with Crippen molar-refractivity contribution in [2.45, 2.75) is 52.6 Å². The summed E-state index contributed by atoms with van der Waals surface area (Å²) in [6.07, 6.45) is 3.89. The number of fused-ring (bicyclic) bond motifs is 1. The summed E-state index contributed by atoms with van der Waals surface area (Å²) in [4.78, 5) is 26.4. The Morgan fingerprint density at radius 3 is 2.81 bits per heavy atom. The molecule has 2 aliphatic heterocycles. The van der Waals surface area contributed by atoms with Crippen LogP contribution < -0.4 is 0 Å². The maximum atomic E-state index is 12.8. The van der Waals surface area contributed by atoms with Crippen molar-refractivity contribution in [3.63, 3.8) is 0 Å². The summed E-state index contributed by atoms with van der Waals surface area (Å²) in [6, 6.07) is 0.